The maximum Gasteiger partial charge on any atom is 0.220 e. The minimum atomic E-state index is -0.863. The average molecular weight is 953 g/mol. The van der Waals surface area contributed by atoms with Gasteiger partial charge in [0.2, 0.25) is 5.91 Å². The molecule has 68 heavy (non-hydrogen) atoms. The quantitative estimate of drug-likeness (QED) is 0.0420. The van der Waals surface area contributed by atoms with E-state index in [4.69, 9.17) is 0 Å². The summed E-state index contributed by atoms with van der Waals surface area (Å²) in [6.07, 6.45) is 83.0. The second-order valence-corrected chi connectivity index (χ2v) is 21.1. The summed E-state index contributed by atoms with van der Waals surface area (Å²) < 4.78 is 0. The summed E-state index contributed by atoms with van der Waals surface area (Å²) in [7, 11) is 0. The van der Waals surface area contributed by atoms with Crippen molar-refractivity contribution in [3.05, 3.63) is 48.6 Å². The lowest BCUT2D eigenvalue weighted by Gasteiger charge is -2.19. The molecule has 1 amide bonds. The van der Waals surface area contributed by atoms with Crippen LogP contribution in [0, 0.1) is 0 Å². The smallest absolute Gasteiger partial charge is 0.220 e. The molecule has 0 radical (unpaired) electrons. The SMILES string of the molecule is CCCCCCC/C=C\C/C=C\CCCCCCCCCCCCCCCCCCCC(=O)NC(CO)C(O)/C=C/CC/C=C/CCCCCCCCCCCCCCCCCCCCCCC. The highest BCUT2D eigenvalue weighted by Gasteiger charge is 2.18. The van der Waals surface area contributed by atoms with E-state index < -0.39 is 12.1 Å². The van der Waals surface area contributed by atoms with Crippen molar-refractivity contribution in [2.75, 3.05) is 6.61 Å². The molecule has 4 heteroatoms. The van der Waals surface area contributed by atoms with Gasteiger partial charge < -0.3 is 15.5 Å². The van der Waals surface area contributed by atoms with Crippen molar-refractivity contribution in [1.29, 1.82) is 0 Å². The highest BCUT2D eigenvalue weighted by atomic mass is 16.3. The maximum atomic E-state index is 12.5. The lowest BCUT2D eigenvalue weighted by atomic mass is 10.0. The number of hydrogen-bond acceptors (Lipinski definition) is 3. The van der Waals surface area contributed by atoms with Gasteiger partial charge in [-0.1, -0.05) is 313 Å². The Hall–Kier alpha value is -1.65. The van der Waals surface area contributed by atoms with Crippen LogP contribution in [0.5, 0.6) is 0 Å². The monoisotopic (exact) mass is 952 g/mol. The van der Waals surface area contributed by atoms with Gasteiger partial charge >= 0.3 is 0 Å². The third kappa shape index (κ3) is 55.3. The molecule has 0 rings (SSSR count). The Kier molecular flexibility index (Phi) is 58.2. The van der Waals surface area contributed by atoms with Crippen molar-refractivity contribution in [2.24, 2.45) is 0 Å². The van der Waals surface area contributed by atoms with Gasteiger partial charge in [0, 0.05) is 6.42 Å². The first-order valence-electron chi connectivity index (χ1n) is 30.9. The Morgan fingerprint density at radius 2 is 0.618 bits per heavy atom. The van der Waals surface area contributed by atoms with Crippen molar-refractivity contribution in [3.63, 3.8) is 0 Å². The minimum Gasteiger partial charge on any atom is -0.394 e. The lowest BCUT2D eigenvalue weighted by molar-refractivity contribution is -0.123. The Morgan fingerprint density at radius 1 is 0.353 bits per heavy atom. The van der Waals surface area contributed by atoms with Gasteiger partial charge in [-0.25, -0.2) is 0 Å². The molecule has 0 saturated heterocycles. The number of unbranched alkanes of at least 4 members (excludes halogenated alkanes) is 44. The van der Waals surface area contributed by atoms with Crippen LogP contribution in [0.4, 0.5) is 0 Å². The predicted octanol–water partition coefficient (Wildman–Crippen LogP) is 20.6. The number of hydrogen-bond donors (Lipinski definition) is 3. The first kappa shape index (κ1) is 66.3. The molecule has 0 aliphatic heterocycles. The fourth-order valence-corrected chi connectivity index (χ4v) is 9.58. The van der Waals surface area contributed by atoms with E-state index in [2.05, 4.69) is 55.6 Å². The van der Waals surface area contributed by atoms with Gasteiger partial charge in [-0.2, -0.15) is 0 Å². The van der Waals surface area contributed by atoms with Crippen molar-refractivity contribution in [3.8, 4) is 0 Å². The second-order valence-electron chi connectivity index (χ2n) is 21.1. The Labute approximate surface area is 426 Å². The van der Waals surface area contributed by atoms with Crippen LogP contribution in [0.2, 0.25) is 0 Å². The molecule has 3 N–H and O–H groups in total. The van der Waals surface area contributed by atoms with E-state index in [1.807, 2.05) is 6.08 Å². The lowest BCUT2D eigenvalue weighted by Crippen LogP contribution is -2.45. The van der Waals surface area contributed by atoms with E-state index >= 15 is 0 Å². The van der Waals surface area contributed by atoms with Gasteiger partial charge in [0.15, 0.2) is 0 Å². The van der Waals surface area contributed by atoms with Crippen LogP contribution in [0.3, 0.4) is 0 Å². The zero-order valence-electron chi connectivity index (χ0n) is 46.1. The van der Waals surface area contributed by atoms with Crippen LogP contribution in [0.15, 0.2) is 48.6 Å². The van der Waals surface area contributed by atoms with Crippen LogP contribution >= 0.6 is 0 Å². The zero-order valence-corrected chi connectivity index (χ0v) is 46.1. The van der Waals surface area contributed by atoms with Gasteiger partial charge in [0.25, 0.3) is 0 Å². The number of aliphatic hydroxyl groups excluding tert-OH is 2. The Morgan fingerprint density at radius 3 is 0.941 bits per heavy atom. The molecule has 0 spiro atoms. The summed E-state index contributed by atoms with van der Waals surface area (Å²) in [5.74, 6) is -0.0690. The molecule has 400 valence electrons. The molecule has 0 fully saturated rings. The van der Waals surface area contributed by atoms with Crippen LogP contribution in [-0.2, 0) is 4.79 Å². The summed E-state index contributed by atoms with van der Waals surface area (Å²) in [6, 6.07) is -0.640. The van der Waals surface area contributed by atoms with Gasteiger partial charge in [-0.15, -0.1) is 0 Å². The number of allylic oxidation sites excluding steroid dienone is 7. The van der Waals surface area contributed by atoms with Crippen molar-refractivity contribution >= 4 is 5.91 Å². The molecule has 0 saturated carbocycles. The van der Waals surface area contributed by atoms with E-state index in [1.54, 1.807) is 6.08 Å². The fourth-order valence-electron chi connectivity index (χ4n) is 9.58. The molecule has 0 aromatic carbocycles. The predicted molar refractivity (Wildman–Crippen MR) is 304 cm³/mol. The van der Waals surface area contributed by atoms with E-state index in [0.717, 1.165) is 38.5 Å². The van der Waals surface area contributed by atoms with Gasteiger partial charge in [-0.3, -0.25) is 4.79 Å². The first-order chi connectivity index (χ1) is 33.7. The van der Waals surface area contributed by atoms with E-state index in [1.165, 1.54) is 276 Å². The van der Waals surface area contributed by atoms with E-state index in [-0.39, 0.29) is 12.5 Å². The molecule has 0 heterocycles. The summed E-state index contributed by atoms with van der Waals surface area (Å²) in [5, 5.41) is 23.2. The van der Waals surface area contributed by atoms with Gasteiger partial charge in [0.1, 0.15) is 0 Å². The molecule has 0 aromatic heterocycles. The van der Waals surface area contributed by atoms with Crippen LogP contribution in [0.25, 0.3) is 0 Å². The number of nitrogens with one attached hydrogen (secondary N) is 1. The normalized spacial score (nSPS) is 13.1. The molecule has 2 atom stereocenters. The molecule has 2 unspecified atom stereocenters. The zero-order chi connectivity index (χ0) is 49.2. The number of rotatable bonds is 57. The van der Waals surface area contributed by atoms with Crippen molar-refractivity contribution < 1.29 is 15.0 Å². The fraction of sp³-hybridized carbons (Fsp3) is 0.859. The van der Waals surface area contributed by atoms with Crippen LogP contribution < -0.4 is 5.32 Å². The van der Waals surface area contributed by atoms with Gasteiger partial charge in [0.05, 0.1) is 18.8 Å². The summed E-state index contributed by atoms with van der Waals surface area (Å²) in [4.78, 5) is 12.5. The number of carbonyl (C=O) groups excluding carboxylic acids is 1. The molecule has 0 aliphatic carbocycles. The third-order valence-electron chi connectivity index (χ3n) is 14.3. The maximum absolute atomic E-state index is 12.5. The van der Waals surface area contributed by atoms with E-state index in [0.29, 0.717) is 6.42 Å². The largest absolute Gasteiger partial charge is 0.394 e. The number of aliphatic hydroxyl groups is 2. The van der Waals surface area contributed by atoms with E-state index in [9.17, 15) is 15.0 Å². The van der Waals surface area contributed by atoms with Crippen LogP contribution in [-0.4, -0.2) is 34.9 Å². The first-order valence-corrected chi connectivity index (χ1v) is 30.9. The second kappa shape index (κ2) is 59.7. The molecular formula is C64H121NO3. The van der Waals surface area contributed by atoms with Crippen LogP contribution in [0.1, 0.15) is 335 Å². The summed E-state index contributed by atoms with van der Waals surface area (Å²) >= 11 is 0. The van der Waals surface area contributed by atoms with Gasteiger partial charge in [-0.05, 0) is 64.2 Å². The molecule has 0 aliphatic rings. The average Bonchev–Trinajstić information content (AvgIpc) is 3.34. The Balaban J connectivity index is 3.49. The third-order valence-corrected chi connectivity index (χ3v) is 14.3. The summed E-state index contributed by atoms with van der Waals surface area (Å²) in [6.45, 7) is 4.32. The Bertz CT molecular complexity index is 1080. The van der Waals surface area contributed by atoms with Crippen molar-refractivity contribution in [1.82, 2.24) is 5.32 Å². The highest BCUT2D eigenvalue weighted by molar-refractivity contribution is 5.76. The number of carbonyl (C=O) groups is 1. The standard InChI is InChI=1S/C64H121NO3/c1-3-5-7-9-11-13-15-17-19-21-23-25-27-29-31-32-34-36-38-40-42-44-46-48-50-52-54-56-58-60-64(68)65-62(61-66)63(67)59-57-55-53-51-49-47-45-43-41-39-37-35-33-30-28-26-24-22-20-18-16-14-12-10-8-6-4-2/h15,17,21,23,49,51,57,59,62-63,66-67H,3-14,16,18-20,22,24-48,50,52-56,58,60-61H2,1-2H3,(H,65,68)/b17-15-,23-21-,51-49+,59-57+. The topological polar surface area (TPSA) is 69.6 Å². The summed E-state index contributed by atoms with van der Waals surface area (Å²) in [5.41, 5.74) is 0. The number of amides is 1. The highest BCUT2D eigenvalue weighted by Crippen LogP contribution is 2.18. The van der Waals surface area contributed by atoms with Crippen molar-refractivity contribution in [2.45, 2.75) is 347 Å². The molecule has 4 nitrogen and oxygen atoms in total. The molecule has 0 bridgehead atoms. The minimum absolute atomic E-state index is 0.0690. The molecular weight excluding hydrogens is 831 g/mol. The molecule has 0 aromatic rings.